The van der Waals surface area contributed by atoms with Crippen LogP contribution in [-0.4, -0.2) is 43.8 Å². The summed E-state index contributed by atoms with van der Waals surface area (Å²) in [5, 5.41) is 3.38. The molecule has 0 aliphatic rings. The van der Waals surface area contributed by atoms with Crippen molar-refractivity contribution in [2.45, 2.75) is 44.3 Å². The van der Waals surface area contributed by atoms with Crippen molar-refractivity contribution >= 4 is 62.3 Å². The Morgan fingerprint density at radius 1 is 0.895 bits per heavy atom. The number of benzene rings is 3. The normalized spacial score (nSPS) is 12.2. The molecule has 3 aromatic rings. The third-order valence-electron chi connectivity index (χ3n) is 5.65. The van der Waals surface area contributed by atoms with Crippen LogP contribution in [0.2, 0.25) is 15.1 Å². The van der Waals surface area contributed by atoms with E-state index in [0.29, 0.717) is 10.6 Å². The van der Waals surface area contributed by atoms with E-state index < -0.39 is 28.5 Å². The Balaban J connectivity index is 2.07. The summed E-state index contributed by atoms with van der Waals surface area (Å²) in [5.74, 6) is -0.999. The molecule has 202 valence electrons. The summed E-state index contributed by atoms with van der Waals surface area (Å²) in [5.41, 5.74) is 0.715. The monoisotopic (exact) mass is 595 g/mol. The molecule has 0 aliphatic carbocycles. The van der Waals surface area contributed by atoms with E-state index in [2.05, 4.69) is 5.32 Å². The van der Waals surface area contributed by atoms with Crippen LogP contribution in [0.1, 0.15) is 26.3 Å². The summed E-state index contributed by atoms with van der Waals surface area (Å²) in [7, 11) is -4.25. The lowest BCUT2D eigenvalue weighted by Gasteiger charge is -2.32. The van der Waals surface area contributed by atoms with Crippen molar-refractivity contribution in [2.75, 3.05) is 10.8 Å². The summed E-state index contributed by atoms with van der Waals surface area (Å²) >= 11 is 18.8. The van der Waals surface area contributed by atoms with Crippen LogP contribution >= 0.6 is 34.8 Å². The topological polar surface area (TPSA) is 86.8 Å². The smallest absolute Gasteiger partial charge is 0.264 e. The Hall–Kier alpha value is -2.78. The van der Waals surface area contributed by atoms with Gasteiger partial charge in [0.05, 0.1) is 20.6 Å². The van der Waals surface area contributed by atoms with Gasteiger partial charge in [-0.05, 0) is 62.7 Å². The van der Waals surface area contributed by atoms with Gasteiger partial charge in [-0.25, -0.2) is 8.42 Å². The molecule has 3 rings (SSSR count). The SMILES string of the molecule is CC(C)NC(=O)C(C)N(Cc1cccc(Cl)c1)C(=O)CN(c1cccc(Cl)c1Cl)S(=O)(=O)c1ccccc1. The molecule has 3 aromatic carbocycles. The Labute approximate surface area is 238 Å². The van der Waals surface area contributed by atoms with Crippen molar-refractivity contribution in [1.29, 1.82) is 0 Å². The van der Waals surface area contributed by atoms with Gasteiger partial charge in [-0.15, -0.1) is 0 Å². The predicted octanol–water partition coefficient (Wildman–Crippen LogP) is 5.78. The van der Waals surface area contributed by atoms with Gasteiger partial charge in [-0.2, -0.15) is 0 Å². The Kier molecular flexibility index (Phi) is 10.1. The number of nitrogens with one attached hydrogen (secondary N) is 1. The highest BCUT2D eigenvalue weighted by Crippen LogP contribution is 2.35. The number of anilines is 1. The van der Waals surface area contributed by atoms with Gasteiger partial charge >= 0.3 is 0 Å². The largest absolute Gasteiger partial charge is 0.352 e. The molecule has 0 heterocycles. The molecule has 0 bridgehead atoms. The summed E-state index contributed by atoms with van der Waals surface area (Å²) in [6.07, 6.45) is 0. The van der Waals surface area contributed by atoms with Crippen molar-refractivity contribution in [3.05, 3.63) is 93.4 Å². The van der Waals surface area contributed by atoms with Crippen molar-refractivity contribution in [2.24, 2.45) is 0 Å². The fourth-order valence-electron chi connectivity index (χ4n) is 3.74. The van der Waals surface area contributed by atoms with E-state index in [0.717, 1.165) is 4.31 Å². The second-order valence-electron chi connectivity index (χ2n) is 8.89. The maximum Gasteiger partial charge on any atom is 0.264 e. The maximum atomic E-state index is 13.9. The Morgan fingerprint density at radius 2 is 1.55 bits per heavy atom. The molecular formula is C27H28Cl3N3O4S. The van der Waals surface area contributed by atoms with E-state index in [1.165, 1.54) is 29.2 Å². The minimum absolute atomic E-state index is 0.0199. The van der Waals surface area contributed by atoms with Gasteiger partial charge in [-0.1, -0.05) is 71.2 Å². The van der Waals surface area contributed by atoms with Crippen LogP contribution in [0.25, 0.3) is 0 Å². The van der Waals surface area contributed by atoms with Crippen LogP contribution in [0.5, 0.6) is 0 Å². The highest BCUT2D eigenvalue weighted by Gasteiger charge is 2.33. The van der Waals surface area contributed by atoms with E-state index in [9.17, 15) is 18.0 Å². The summed E-state index contributed by atoms with van der Waals surface area (Å²) in [6, 6.07) is 18.0. The molecule has 0 saturated carbocycles. The predicted molar refractivity (Wildman–Crippen MR) is 152 cm³/mol. The van der Waals surface area contributed by atoms with Gasteiger partial charge < -0.3 is 10.2 Å². The van der Waals surface area contributed by atoms with Crippen molar-refractivity contribution in [3.8, 4) is 0 Å². The highest BCUT2D eigenvalue weighted by atomic mass is 35.5. The van der Waals surface area contributed by atoms with E-state index >= 15 is 0 Å². The number of carbonyl (C=O) groups is 2. The third-order valence-corrected chi connectivity index (χ3v) is 8.47. The number of halogens is 3. The molecule has 2 amide bonds. The zero-order chi connectivity index (χ0) is 28.0. The van der Waals surface area contributed by atoms with Gasteiger partial charge in [0, 0.05) is 17.6 Å². The average Bonchev–Trinajstić information content (AvgIpc) is 2.87. The number of amides is 2. The first-order chi connectivity index (χ1) is 17.9. The van der Waals surface area contributed by atoms with Crippen LogP contribution < -0.4 is 9.62 Å². The van der Waals surface area contributed by atoms with E-state index in [1.54, 1.807) is 55.5 Å². The van der Waals surface area contributed by atoms with E-state index in [-0.39, 0.29) is 39.1 Å². The zero-order valence-electron chi connectivity index (χ0n) is 21.1. The Morgan fingerprint density at radius 3 is 2.18 bits per heavy atom. The lowest BCUT2D eigenvalue weighted by Crippen LogP contribution is -2.52. The number of hydrogen-bond donors (Lipinski definition) is 1. The van der Waals surface area contributed by atoms with Gasteiger partial charge in [0.15, 0.2) is 0 Å². The fourth-order valence-corrected chi connectivity index (χ4v) is 5.85. The highest BCUT2D eigenvalue weighted by molar-refractivity contribution is 7.92. The minimum Gasteiger partial charge on any atom is -0.352 e. The summed E-state index contributed by atoms with van der Waals surface area (Å²) in [6.45, 7) is 4.60. The molecule has 0 saturated heterocycles. The lowest BCUT2D eigenvalue weighted by molar-refractivity contribution is -0.139. The lowest BCUT2D eigenvalue weighted by atomic mass is 10.1. The van der Waals surface area contributed by atoms with Crippen molar-refractivity contribution in [1.82, 2.24) is 10.2 Å². The van der Waals surface area contributed by atoms with Crippen LogP contribution in [0.4, 0.5) is 5.69 Å². The number of hydrogen-bond acceptors (Lipinski definition) is 4. The van der Waals surface area contributed by atoms with Crippen LogP contribution in [0, 0.1) is 0 Å². The van der Waals surface area contributed by atoms with Crippen molar-refractivity contribution < 1.29 is 18.0 Å². The summed E-state index contributed by atoms with van der Waals surface area (Å²) in [4.78, 5) is 28.1. The molecule has 0 aliphatic heterocycles. The van der Waals surface area contributed by atoms with Gasteiger partial charge in [0.25, 0.3) is 10.0 Å². The molecule has 1 unspecified atom stereocenters. The number of sulfonamides is 1. The number of carbonyl (C=O) groups excluding carboxylic acids is 2. The van der Waals surface area contributed by atoms with Gasteiger partial charge in [0.2, 0.25) is 11.8 Å². The Bertz CT molecular complexity index is 1400. The van der Waals surface area contributed by atoms with Gasteiger partial charge in [-0.3, -0.25) is 13.9 Å². The quantitative estimate of drug-likeness (QED) is 0.321. The molecule has 0 spiro atoms. The van der Waals surface area contributed by atoms with Gasteiger partial charge in [0.1, 0.15) is 12.6 Å². The number of nitrogens with zero attached hydrogens (tertiary/aromatic N) is 2. The molecule has 0 fully saturated rings. The first kappa shape index (κ1) is 29.8. The molecule has 11 heteroatoms. The standard InChI is InChI=1S/C27H28Cl3N3O4S/c1-18(2)31-27(35)19(3)32(16-20-9-7-10-21(28)15-20)25(34)17-33(24-14-8-13-23(29)26(24)30)38(36,37)22-11-5-4-6-12-22/h4-15,18-19H,16-17H2,1-3H3,(H,31,35). The van der Waals surface area contributed by atoms with Crippen molar-refractivity contribution in [3.63, 3.8) is 0 Å². The first-order valence-corrected chi connectivity index (χ1v) is 14.3. The fraction of sp³-hybridized carbons (Fsp3) is 0.259. The maximum absolute atomic E-state index is 13.9. The molecular weight excluding hydrogens is 569 g/mol. The number of rotatable bonds is 10. The first-order valence-electron chi connectivity index (χ1n) is 11.8. The molecule has 38 heavy (non-hydrogen) atoms. The van der Waals surface area contributed by atoms with Crippen LogP contribution in [0.3, 0.4) is 0 Å². The molecule has 1 atom stereocenters. The van der Waals surface area contributed by atoms with Crippen LogP contribution in [0.15, 0.2) is 77.7 Å². The van der Waals surface area contributed by atoms with E-state index in [1.807, 2.05) is 13.8 Å². The zero-order valence-corrected chi connectivity index (χ0v) is 24.2. The third kappa shape index (κ3) is 7.20. The second-order valence-corrected chi connectivity index (χ2v) is 12.0. The summed E-state index contributed by atoms with van der Waals surface area (Å²) < 4.78 is 28.4. The average molecular weight is 597 g/mol. The minimum atomic E-state index is -4.25. The molecule has 0 aromatic heterocycles. The molecule has 1 N–H and O–H groups in total. The molecule has 0 radical (unpaired) electrons. The van der Waals surface area contributed by atoms with E-state index in [4.69, 9.17) is 34.8 Å². The molecule has 7 nitrogen and oxygen atoms in total. The second kappa shape index (κ2) is 12.8. The van der Waals surface area contributed by atoms with Crippen LogP contribution in [-0.2, 0) is 26.2 Å².